The smallest absolute Gasteiger partial charge is 0.307 e. The van der Waals surface area contributed by atoms with Gasteiger partial charge >= 0.3 is 5.97 Å². The average molecular weight is 466 g/mol. The van der Waals surface area contributed by atoms with E-state index >= 15 is 0 Å². The molecule has 8 nitrogen and oxygen atoms in total. The van der Waals surface area contributed by atoms with Gasteiger partial charge in [0.15, 0.2) is 5.76 Å². The monoisotopic (exact) mass is 465 g/mol. The number of nitrogens with one attached hydrogen (secondary N) is 1. The Bertz CT molecular complexity index is 1240. The first-order valence-corrected chi connectivity index (χ1v) is 10.6. The van der Waals surface area contributed by atoms with E-state index in [1.54, 1.807) is 54.6 Å². The van der Waals surface area contributed by atoms with Gasteiger partial charge in [0.05, 0.1) is 12.7 Å². The standard InChI is InChI=1S/C24H20ClN3O5/c1-15-9-10-17(14-18(15)25)26-24(30)22(16-6-3-2-4-7-16)32-21(29)12-11-20-27-23(28-33-20)19-8-5-13-31-19/h2-10,13-14,22H,11-12H2,1H3,(H,26,30). The Balaban J connectivity index is 1.42. The van der Waals surface area contributed by atoms with Gasteiger partial charge in [-0.05, 0) is 36.8 Å². The third-order valence-electron chi connectivity index (χ3n) is 4.78. The molecule has 0 aliphatic carbocycles. The first kappa shape index (κ1) is 22.3. The number of amides is 1. The topological polar surface area (TPSA) is 107 Å². The molecule has 2 heterocycles. The molecule has 33 heavy (non-hydrogen) atoms. The Kier molecular flexibility index (Phi) is 6.85. The zero-order valence-corrected chi connectivity index (χ0v) is 18.4. The number of aryl methyl sites for hydroxylation is 2. The molecule has 1 atom stereocenters. The van der Waals surface area contributed by atoms with Crippen molar-refractivity contribution in [3.63, 3.8) is 0 Å². The number of rotatable bonds is 8. The van der Waals surface area contributed by atoms with Crippen molar-refractivity contribution >= 4 is 29.2 Å². The van der Waals surface area contributed by atoms with Crippen LogP contribution in [0.2, 0.25) is 5.02 Å². The second-order valence-electron chi connectivity index (χ2n) is 7.22. The second kappa shape index (κ2) is 10.1. The summed E-state index contributed by atoms with van der Waals surface area (Å²) in [4.78, 5) is 29.7. The Morgan fingerprint density at radius 2 is 1.94 bits per heavy atom. The van der Waals surface area contributed by atoms with Crippen molar-refractivity contribution in [1.29, 1.82) is 0 Å². The maximum atomic E-state index is 13.0. The normalized spacial score (nSPS) is 11.7. The fraction of sp³-hybridized carbons (Fsp3) is 0.167. The molecular weight excluding hydrogens is 446 g/mol. The highest BCUT2D eigenvalue weighted by molar-refractivity contribution is 6.31. The fourth-order valence-electron chi connectivity index (χ4n) is 3.04. The molecule has 0 spiro atoms. The molecule has 0 saturated heterocycles. The number of esters is 1. The maximum absolute atomic E-state index is 13.0. The quantitative estimate of drug-likeness (QED) is 0.358. The van der Waals surface area contributed by atoms with Crippen molar-refractivity contribution in [2.75, 3.05) is 5.32 Å². The number of anilines is 1. The summed E-state index contributed by atoms with van der Waals surface area (Å²) in [6.45, 7) is 1.86. The fourth-order valence-corrected chi connectivity index (χ4v) is 3.22. The molecular formula is C24H20ClN3O5. The lowest BCUT2D eigenvalue weighted by molar-refractivity contribution is -0.154. The Labute approximate surface area is 194 Å². The van der Waals surface area contributed by atoms with Crippen molar-refractivity contribution in [2.24, 2.45) is 0 Å². The van der Waals surface area contributed by atoms with E-state index in [0.717, 1.165) is 5.56 Å². The van der Waals surface area contributed by atoms with E-state index in [1.165, 1.54) is 6.26 Å². The Hall–Kier alpha value is -3.91. The SMILES string of the molecule is Cc1ccc(NC(=O)C(OC(=O)CCc2nc(-c3ccco3)no2)c2ccccc2)cc1Cl. The third kappa shape index (κ3) is 5.67. The number of hydrogen-bond donors (Lipinski definition) is 1. The lowest BCUT2D eigenvalue weighted by Crippen LogP contribution is -2.26. The van der Waals surface area contributed by atoms with Gasteiger partial charge in [-0.1, -0.05) is 53.2 Å². The second-order valence-corrected chi connectivity index (χ2v) is 7.63. The summed E-state index contributed by atoms with van der Waals surface area (Å²) >= 11 is 6.15. The van der Waals surface area contributed by atoms with Gasteiger partial charge in [-0.3, -0.25) is 9.59 Å². The highest BCUT2D eigenvalue weighted by Crippen LogP contribution is 2.24. The van der Waals surface area contributed by atoms with E-state index in [1.807, 2.05) is 13.0 Å². The molecule has 1 unspecified atom stereocenters. The summed E-state index contributed by atoms with van der Waals surface area (Å²) in [5.41, 5.74) is 1.93. The van der Waals surface area contributed by atoms with Crippen LogP contribution in [0.4, 0.5) is 5.69 Å². The van der Waals surface area contributed by atoms with Crippen molar-refractivity contribution in [1.82, 2.24) is 10.1 Å². The van der Waals surface area contributed by atoms with Crippen LogP contribution >= 0.6 is 11.6 Å². The number of halogens is 1. The van der Waals surface area contributed by atoms with Crippen LogP contribution < -0.4 is 5.32 Å². The zero-order chi connectivity index (χ0) is 23.2. The minimum absolute atomic E-state index is 0.0488. The molecule has 168 valence electrons. The summed E-state index contributed by atoms with van der Waals surface area (Å²) in [7, 11) is 0. The zero-order valence-electron chi connectivity index (χ0n) is 17.7. The van der Waals surface area contributed by atoms with Gasteiger partial charge in [0.2, 0.25) is 17.8 Å². The van der Waals surface area contributed by atoms with Crippen LogP contribution in [-0.4, -0.2) is 22.0 Å². The first-order valence-electron chi connectivity index (χ1n) is 10.2. The Morgan fingerprint density at radius 3 is 2.67 bits per heavy atom. The van der Waals surface area contributed by atoms with E-state index in [9.17, 15) is 9.59 Å². The lowest BCUT2D eigenvalue weighted by Gasteiger charge is -2.18. The van der Waals surface area contributed by atoms with Crippen LogP contribution in [0, 0.1) is 6.92 Å². The molecule has 4 aromatic rings. The number of ether oxygens (including phenoxy) is 1. The molecule has 0 radical (unpaired) electrons. The molecule has 1 amide bonds. The predicted octanol–water partition coefficient (Wildman–Crippen LogP) is 5.15. The van der Waals surface area contributed by atoms with Crippen molar-refractivity contribution < 1.29 is 23.3 Å². The summed E-state index contributed by atoms with van der Waals surface area (Å²) in [5.74, 6) is -0.0642. The van der Waals surface area contributed by atoms with Crippen LogP contribution in [0.25, 0.3) is 11.6 Å². The van der Waals surface area contributed by atoms with Gasteiger partial charge in [-0.25, -0.2) is 0 Å². The molecule has 2 aromatic heterocycles. The highest BCUT2D eigenvalue weighted by atomic mass is 35.5. The highest BCUT2D eigenvalue weighted by Gasteiger charge is 2.25. The lowest BCUT2D eigenvalue weighted by atomic mass is 10.1. The number of carbonyl (C=O) groups excluding carboxylic acids is 2. The van der Waals surface area contributed by atoms with Crippen LogP contribution in [0.15, 0.2) is 75.9 Å². The number of benzene rings is 2. The van der Waals surface area contributed by atoms with Gasteiger partial charge in [0.1, 0.15) is 0 Å². The summed E-state index contributed by atoms with van der Waals surface area (Å²) in [6, 6.07) is 17.4. The molecule has 0 aliphatic rings. The predicted molar refractivity (Wildman–Crippen MR) is 120 cm³/mol. The maximum Gasteiger partial charge on any atom is 0.307 e. The summed E-state index contributed by atoms with van der Waals surface area (Å²) in [5, 5.41) is 7.10. The molecule has 2 aromatic carbocycles. The minimum atomic E-state index is -1.14. The van der Waals surface area contributed by atoms with Gasteiger partial charge in [-0.15, -0.1) is 0 Å². The van der Waals surface area contributed by atoms with E-state index in [0.29, 0.717) is 27.9 Å². The third-order valence-corrected chi connectivity index (χ3v) is 5.19. The number of carbonyl (C=O) groups is 2. The molecule has 1 N–H and O–H groups in total. The van der Waals surface area contributed by atoms with Gasteiger partial charge < -0.3 is 19.0 Å². The Morgan fingerprint density at radius 1 is 1.12 bits per heavy atom. The van der Waals surface area contributed by atoms with Gasteiger partial charge in [-0.2, -0.15) is 4.98 Å². The molecule has 0 aliphatic heterocycles. The van der Waals surface area contributed by atoms with Crippen LogP contribution in [0.5, 0.6) is 0 Å². The number of nitrogens with zero attached hydrogens (tertiary/aromatic N) is 2. The minimum Gasteiger partial charge on any atom is -0.461 e. The molecule has 4 rings (SSSR count). The molecule has 0 bridgehead atoms. The summed E-state index contributed by atoms with van der Waals surface area (Å²) < 4.78 is 15.9. The van der Waals surface area contributed by atoms with Crippen molar-refractivity contribution in [2.45, 2.75) is 25.9 Å². The van der Waals surface area contributed by atoms with E-state index < -0.39 is 18.0 Å². The van der Waals surface area contributed by atoms with Crippen molar-refractivity contribution in [3.8, 4) is 11.6 Å². The van der Waals surface area contributed by atoms with Crippen LogP contribution in [0.1, 0.15) is 29.5 Å². The van der Waals surface area contributed by atoms with Gasteiger partial charge in [0, 0.05) is 22.7 Å². The number of aromatic nitrogens is 2. The van der Waals surface area contributed by atoms with E-state index in [4.69, 9.17) is 25.3 Å². The van der Waals surface area contributed by atoms with Crippen molar-refractivity contribution in [3.05, 3.63) is 89.0 Å². The van der Waals surface area contributed by atoms with Gasteiger partial charge in [0.25, 0.3) is 5.91 Å². The van der Waals surface area contributed by atoms with E-state index in [2.05, 4.69) is 15.5 Å². The summed E-state index contributed by atoms with van der Waals surface area (Å²) in [6.07, 6.45) is 0.470. The molecule has 0 fully saturated rings. The van der Waals surface area contributed by atoms with Crippen LogP contribution in [-0.2, 0) is 20.7 Å². The number of hydrogen-bond acceptors (Lipinski definition) is 7. The van der Waals surface area contributed by atoms with Crippen LogP contribution in [0.3, 0.4) is 0 Å². The first-order chi connectivity index (χ1) is 16.0. The number of furan rings is 1. The largest absolute Gasteiger partial charge is 0.461 e. The molecule has 9 heteroatoms. The average Bonchev–Trinajstić information content (AvgIpc) is 3.51. The molecule has 0 saturated carbocycles. The van der Waals surface area contributed by atoms with E-state index in [-0.39, 0.29) is 18.7 Å².